The van der Waals surface area contributed by atoms with Crippen LogP contribution in [0.5, 0.6) is 0 Å². The number of nitro benzene ring substituents is 1. The minimum atomic E-state index is -3.52. The van der Waals surface area contributed by atoms with Gasteiger partial charge in [0, 0.05) is 54.0 Å². The fraction of sp³-hybridized carbons (Fsp3) is 0.333. The van der Waals surface area contributed by atoms with Crippen molar-refractivity contribution in [2.75, 3.05) is 16.4 Å². The van der Waals surface area contributed by atoms with Crippen molar-refractivity contribution in [3.05, 3.63) is 141 Å². The molecule has 1 saturated heterocycles. The fourth-order valence-corrected chi connectivity index (χ4v) is 11.7. The van der Waals surface area contributed by atoms with E-state index in [4.69, 9.17) is 4.74 Å². The van der Waals surface area contributed by atoms with E-state index >= 15 is 4.11 Å². The van der Waals surface area contributed by atoms with Gasteiger partial charge in [-0.2, -0.15) is 0 Å². The first kappa shape index (κ1) is 37.4. The molecule has 56 heavy (non-hydrogen) atoms. The van der Waals surface area contributed by atoms with Gasteiger partial charge in [-0.05, 0) is 66.9 Å². The number of nitrogens with zero attached hydrogens (tertiary/aromatic N) is 6. The van der Waals surface area contributed by atoms with E-state index < -0.39 is 42.4 Å². The summed E-state index contributed by atoms with van der Waals surface area (Å²) in [6, 6.07) is 29.2. The summed E-state index contributed by atoms with van der Waals surface area (Å²) >= 11 is 0. The second-order valence-electron chi connectivity index (χ2n) is 15.5. The number of rotatable bonds is 11. The number of hydrogen-bond donors (Lipinski definition) is 1. The number of non-ortho nitro benzene ring substituents is 1. The molecule has 3 aliphatic heterocycles. The summed E-state index contributed by atoms with van der Waals surface area (Å²) < 4.78 is 25.0. The molecule has 1 fully saturated rings. The van der Waals surface area contributed by atoms with E-state index in [2.05, 4.69) is 10.3 Å². The summed E-state index contributed by atoms with van der Waals surface area (Å²) in [4.78, 5) is 42.9. The average Bonchev–Trinajstić information content (AvgIpc) is 3.85. The highest BCUT2D eigenvalue weighted by Crippen LogP contribution is 2.60. The topological polar surface area (TPSA) is 144 Å². The second-order valence-corrected chi connectivity index (χ2v) is 19.3. The minimum absolute atomic E-state index is 0.00486. The quantitative estimate of drug-likeness (QED) is 0.0636. The van der Waals surface area contributed by atoms with Gasteiger partial charge in [0.2, 0.25) is 14.3 Å². The van der Waals surface area contributed by atoms with Gasteiger partial charge in [0.05, 0.1) is 47.2 Å². The Bertz CT molecular complexity index is 2300. The monoisotopic (exact) mass is 774 g/mol. The molecule has 4 aromatic carbocycles. The third kappa shape index (κ3) is 6.40. The number of aryl methyl sites for hydroxylation is 2. The van der Waals surface area contributed by atoms with Gasteiger partial charge in [-0.1, -0.05) is 72.8 Å². The molecule has 1 unspecified atom stereocenters. The molecular formula is C42H43FN6O6Si. The lowest BCUT2D eigenvalue weighted by Gasteiger charge is -2.31. The van der Waals surface area contributed by atoms with Crippen LogP contribution in [-0.4, -0.2) is 58.0 Å². The van der Waals surface area contributed by atoms with E-state index in [1.165, 1.54) is 12.1 Å². The zero-order chi connectivity index (χ0) is 39.4. The van der Waals surface area contributed by atoms with E-state index in [9.17, 15) is 24.8 Å². The zero-order valence-corrected chi connectivity index (χ0v) is 32.4. The molecule has 1 N–H and O–H groups in total. The molecule has 14 heteroatoms. The van der Waals surface area contributed by atoms with Crippen molar-refractivity contribution >= 4 is 43.0 Å². The Morgan fingerprint density at radius 1 is 1.00 bits per heavy atom. The molecule has 288 valence electrons. The zero-order valence-electron chi connectivity index (χ0n) is 31.4. The lowest BCUT2D eigenvalue weighted by molar-refractivity contribution is -0.385. The summed E-state index contributed by atoms with van der Waals surface area (Å²) in [6.45, 7) is 5.34. The lowest BCUT2D eigenvalue weighted by Crippen LogP contribution is -2.45. The summed E-state index contributed by atoms with van der Waals surface area (Å²) in [5.41, 5.74) is 3.31. The molecular weight excluding hydrogens is 732 g/mol. The molecule has 0 saturated carbocycles. The van der Waals surface area contributed by atoms with E-state index in [0.717, 1.165) is 22.4 Å². The lowest BCUT2D eigenvalue weighted by atomic mass is 9.82. The third-order valence-electron chi connectivity index (χ3n) is 11.7. The number of hydrogen-bond acceptors (Lipinski definition) is 8. The number of carbonyl (C=O) groups is 2. The molecule has 3 aliphatic rings. The number of carbonyl (C=O) groups excluding carboxylic acids is 2. The minimum Gasteiger partial charge on any atom is -0.395 e. The van der Waals surface area contributed by atoms with Crippen molar-refractivity contribution in [2.24, 2.45) is 5.92 Å². The highest BCUT2D eigenvalue weighted by atomic mass is 28.4. The van der Waals surface area contributed by atoms with Crippen molar-refractivity contribution in [3.63, 3.8) is 0 Å². The van der Waals surface area contributed by atoms with Crippen molar-refractivity contribution < 1.29 is 28.5 Å². The van der Waals surface area contributed by atoms with Crippen LogP contribution in [-0.2, 0) is 39.4 Å². The molecule has 5 aromatic rings. The molecule has 4 heterocycles. The van der Waals surface area contributed by atoms with Crippen LogP contribution in [0.1, 0.15) is 53.6 Å². The molecule has 1 aromatic heterocycles. The molecule has 1 spiro atoms. The van der Waals surface area contributed by atoms with Gasteiger partial charge in [0.25, 0.3) is 11.6 Å². The van der Waals surface area contributed by atoms with Gasteiger partial charge >= 0.3 is 0 Å². The molecule has 8 rings (SSSR count). The number of aliphatic hydroxyl groups excluding tert-OH is 1. The van der Waals surface area contributed by atoms with E-state index in [1.54, 1.807) is 39.8 Å². The number of halogens is 1. The Morgan fingerprint density at radius 2 is 1.73 bits per heavy atom. The second kappa shape index (κ2) is 14.5. The number of aromatic nitrogens is 3. The SMILES string of the molecule is C[C@@H]1[C@@H]([Si](C)(C)F)[C@H](CCn2cc(C(CO)c3ccccc3)nn2)O[C@@]12C(=O)N(Cc1ccc(N3C(=O)CCc4ccccc43)cc1)c1ccc([N+](=O)[O-])cc12. The molecule has 5 atom stereocenters. The van der Waals surface area contributed by atoms with Crippen LogP contribution in [0.2, 0.25) is 18.6 Å². The highest BCUT2D eigenvalue weighted by molar-refractivity contribution is 6.72. The van der Waals surface area contributed by atoms with Crippen molar-refractivity contribution in [3.8, 4) is 0 Å². The number of aliphatic hydroxyl groups is 1. The molecule has 0 aliphatic carbocycles. The number of ether oxygens (including phenoxy) is 1. The highest BCUT2D eigenvalue weighted by Gasteiger charge is 2.67. The van der Waals surface area contributed by atoms with Crippen LogP contribution >= 0.6 is 0 Å². The first-order valence-electron chi connectivity index (χ1n) is 18.9. The summed E-state index contributed by atoms with van der Waals surface area (Å²) in [6.07, 6.45) is 2.47. The van der Waals surface area contributed by atoms with Gasteiger partial charge in [-0.15, -0.1) is 5.10 Å². The van der Waals surface area contributed by atoms with Crippen molar-refractivity contribution in [1.82, 2.24) is 15.0 Å². The third-order valence-corrected chi connectivity index (χ3v) is 14.2. The number of nitro groups is 1. The van der Waals surface area contributed by atoms with Gasteiger partial charge in [0.15, 0.2) is 5.60 Å². The number of fused-ring (bicyclic) bond motifs is 3. The van der Waals surface area contributed by atoms with Crippen LogP contribution in [0.4, 0.5) is 26.9 Å². The Balaban J connectivity index is 1.09. The normalized spacial score (nSPS) is 22.4. The predicted molar refractivity (Wildman–Crippen MR) is 211 cm³/mol. The molecule has 0 bridgehead atoms. The van der Waals surface area contributed by atoms with E-state index in [0.29, 0.717) is 48.4 Å². The first-order valence-corrected chi connectivity index (χ1v) is 21.9. The number of anilines is 3. The molecule has 12 nitrogen and oxygen atoms in total. The number of benzene rings is 4. The summed E-state index contributed by atoms with van der Waals surface area (Å²) in [5.74, 6) is -1.40. The van der Waals surface area contributed by atoms with Crippen LogP contribution in [0.3, 0.4) is 0 Å². The van der Waals surface area contributed by atoms with Crippen LogP contribution < -0.4 is 9.80 Å². The largest absolute Gasteiger partial charge is 0.395 e. The van der Waals surface area contributed by atoms with Crippen LogP contribution in [0.25, 0.3) is 0 Å². The standard InChI is InChI=1S/C42H43FN6O6Si/c1-27-40(56(2,3)43)38(21-22-46-25-35(44-45-46)33(26-50)29-9-5-4-6-10-29)55-42(27)34-23-32(49(53)54)18-19-37(34)47(41(42)52)24-28-13-16-31(17-14-28)48-36-12-8-7-11-30(36)15-20-39(48)51/h4-14,16-19,23,25,27,33,38,40,50H,15,20-22,24,26H2,1-3H3/t27-,33?,38+,40-,42+/m1/s1. The smallest absolute Gasteiger partial charge is 0.269 e. The summed E-state index contributed by atoms with van der Waals surface area (Å²) in [7, 11) is -3.52. The maximum Gasteiger partial charge on any atom is 0.269 e. The first-order chi connectivity index (χ1) is 26.9. The Hall–Kier alpha value is -5.57. The predicted octanol–water partition coefficient (Wildman–Crippen LogP) is 7.33. The van der Waals surface area contributed by atoms with Gasteiger partial charge in [-0.25, -0.2) is 0 Å². The van der Waals surface area contributed by atoms with Gasteiger partial charge in [-0.3, -0.25) is 29.3 Å². The fourth-order valence-electron chi connectivity index (χ4n) is 9.12. The molecule has 2 amide bonds. The van der Waals surface area contributed by atoms with Crippen LogP contribution in [0, 0.1) is 16.0 Å². The maximum absolute atomic E-state index is 16.5. The average molecular weight is 775 g/mol. The summed E-state index contributed by atoms with van der Waals surface area (Å²) in [5, 5.41) is 30.9. The molecule has 0 radical (unpaired) electrons. The number of amides is 2. The number of para-hydroxylation sites is 1. The van der Waals surface area contributed by atoms with E-state index in [1.807, 2.05) is 85.8 Å². The maximum atomic E-state index is 16.5. The van der Waals surface area contributed by atoms with E-state index in [-0.39, 0.29) is 30.7 Å². The van der Waals surface area contributed by atoms with Gasteiger partial charge in [0.1, 0.15) is 0 Å². The van der Waals surface area contributed by atoms with Crippen molar-refractivity contribution in [1.29, 1.82) is 0 Å². The van der Waals surface area contributed by atoms with Gasteiger partial charge < -0.3 is 18.9 Å². The Morgan fingerprint density at radius 3 is 2.45 bits per heavy atom. The Kier molecular flexibility index (Phi) is 9.67. The van der Waals surface area contributed by atoms with Crippen LogP contribution in [0.15, 0.2) is 103 Å². The Labute approximate surface area is 324 Å². The van der Waals surface area contributed by atoms with Crippen molar-refractivity contribution in [2.45, 2.75) is 75.5 Å².